The summed E-state index contributed by atoms with van der Waals surface area (Å²) in [5.74, 6) is -0.827. The van der Waals surface area contributed by atoms with Gasteiger partial charge in [-0.25, -0.2) is 27.2 Å². The van der Waals surface area contributed by atoms with E-state index in [9.17, 15) is 18.0 Å². The van der Waals surface area contributed by atoms with E-state index < -0.39 is 21.3 Å². The molecule has 1 saturated heterocycles. The van der Waals surface area contributed by atoms with Crippen molar-refractivity contribution in [1.29, 1.82) is 0 Å². The highest BCUT2D eigenvalue weighted by Gasteiger charge is 2.34. The van der Waals surface area contributed by atoms with Gasteiger partial charge in [0.1, 0.15) is 11.6 Å². The summed E-state index contributed by atoms with van der Waals surface area (Å²) in [6.07, 6.45) is 3.91. The van der Waals surface area contributed by atoms with Crippen LogP contribution in [-0.2, 0) is 14.6 Å². The molecular formula is C32H34ClFN6O4S. The zero-order chi connectivity index (χ0) is 33.0. The van der Waals surface area contributed by atoms with Crippen molar-refractivity contribution >= 4 is 44.2 Å². The number of hydrogen-bond donors (Lipinski definition) is 0. The maximum Gasteiger partial charge on any atom is 0.355 e. The molecule has 1 amide bonds. The fourth-order valence-electron chi connectivity index (χ4n) is 5.88. The number of carbonyl (C=O) groups is 1. The molecule has 1 aromatic carbocycles. The van der Waals surface area contributed by atoms with Crippen LogP contribution in [0.4, 0.5) is 10.2 Å². The largest absolute Gasteiger partial charge is 0.355 e. The number of amides is 1. The molecule has 1 aliphatic heterocycles. The Bertz CT molecular complexity index is 2030. The molecule has 236 valence electrons. The molecule has 0 aliphatic carbocycles. The number of sulfone groups is 1. The number of anilines is 1. The standard InChI is InChI=1S/C32H34ClFN6O4S/c1-8-25(41)38-15-20(6)39(16-19(38)5)30-21-14-22(33)28(26-23(34)10-9-11-24(26)45(7,43)44)36-31(21)40(32(42)37-30)29-18(4)12-13-35-27(29)17(2)3/h8-14,17,19-20H,1,15-16H2,2-7H3. The van der Waals surface area contributed by atoms with Gasteiger partial charge in [-0.3, -0.25) is 9.78 Å². The van der Waals surface area contributed by atoms with E-state index in [0.717, 1.165) is 17.9 Å². The first kappa shape index (κ1) is 32.2. The minimum absolute atomic E-state index is 0.0288. The molecular weight excluding hydrogens is 619 g/mol. The van der Waals surface area contributed by atoms with Crippen molar-refractivity contribution in [3.63, 3.8) is 0 Å². The molecule has 2 unspecified atom stereocenters. The minimum Gasteiger partial charge on any atom is -0.349 e. The Morgan fingerprint density at radius 3 is 2.51 bits per heavy atom. The fourth-order valence-corrected chi connectivity index (χ4v) is 7.01. The molecule has 0 radical (unpaired) electrons. The van der Waals surface area contributed by atoms with Gasteiger partial charge in [-0.05, 0) is 62.6 Å². The number of piperazine rings is 1. The smallest absolute Gasteiger partial charge is 0.349 e. The second kappa shape index (κ2) is 12.0. The first-order chi connectivity index (χ1) is 21.1. The zero-order valence-electron chi connectivity index (χ0n) is 25.9. The molecule has 13 heteroatoms. The summed E-state index contributed by atoms with van der Waals surface area (Å²) in [5, 5.41) is 0.361. The number of nitrogens with zero attached hydrogens (tertiary/aromatic N) is 6. The normalized spacial score (nSPS) is 17.3. The van der Waals surface area contributed by atoms with Gasteiger partial charge in [-0.1, -0.05) is 38.1 Å². The lowest BCUT2D eigenvalue weighted by Gasteiger charge is -2.44. The number of halogens is 2. The van der Waals surface area contributed by atoms with Crippen LogP contribution in [-0.4, -0.2) is 70.2 Å². The number of aromatic nitrogens is 4. The van der Waals surface area contributed by atoms with Crippen molar-refractivity contribution in [3.05, 3.63) is 81.8 Å². The summed E-state index contributed by atoms with van der Waals surface area (Å²) in [6, 6.07) is 6.53. The van der Waals surface area contributed by atoms with Crippen molar-refractivity contribution in [2.45, 2.75) is 57.5 Å². The SMILES string of the molecule is C=CC(=O)N1CC(C)N(c2nc(=O)n(-c3c(C)ccnc3C(C)C)c3nc(-c4c(F)cccc4S(C)(=O)=O)c(Cl)cc23)CC1C. The van der Waals surface area contributed by atoms with Gasteiger partial charge in [0.05, 0.1) is 37.9 Å². The van der Waals surface area contributed by atoms with Gasteiger partial charge < -0.3 is 9.80 Å². The average molecular weight is 653 g/mol. The van der Waals surface area contributed by atoms with Gasteiger partial charge in [-0.15, -0.1) is 0 Å². The molecule has 45 heavy (non-hydrogen) atoms. The van der Waals surface area contributed by atoms with Crippen LogP contribution in [0.15, 0.2) is 58.9 Å². The molecule has 3 aromatic heterocycles. The zero-order valence-corrected chi connectivity index (χ0v) is 27.4. The van der Waals surface area contributed by atoms with Crippen LogP contribution < -0.4 is 10.6 Å². The maximum absolute atomic E-state index is 15.5. The minimum atomic E-state index is -3.90. The number of carbonyl (C=O) groups excluding carboxylic acids is 1. The second-order valence-corrected chi connectivity index (χ2v) is 14.1. The number of hydrogen-bond acceptors (Lipinski definition) is 8. The molecule has 0 spiro atoms. The van der Waals surface area contributed by atoms with E-state index in [4.69, 9.17) is 16.6 Å². The molecule has 1 aliphatic rings. The molecule has 1 fully saturated rings. The first-order valence-corrected chi connectivity index (χ1v) is 16.7. The van der Waals surface area contributed by atoms with E-state index in [1.54, 1.807) is 17.2 Å². The Labute approximate surface area is 266 Å². The lowest BCUT2D eigenvalue weighted by atomic mass is 10.0. The Morgan fingerprint density at radius 2 is 1.87 bits per heavy atom. The summed E-state index contributed by atoms with van der Waals surface area (Å²) in [4.78, 5) is 43.9. The highest BCUT2D eigenvalue weighted by molar-refractivity contribution is 7.90. The van der Waals surface area contributed by atoms with Crippen molar-refractivity contribution in [2.75, 3.05) is 24.2 Å². The molecule has 4 heterocycles. The lowest BCUT2D eigenvalue weighted by molar-refractivity contribution is -0.128. The van der Waals surface area contributed by atoms with E-state index >= 15 is 4.39 Å². The highest BCUT2D eigenvalue weighted by Crippen LogP contribution is 2.38. The van der Waals surface area contributed by atoms with Crippen LogP contribution in [0, 0.1) is 12.7 Å². The van der Waals surface area contributed by atoms with Gasteiger partial charge in [0.2, 0.25) is 5.91 Å². The van der Waals surface area contributed by atoms with Gasteiger partial charge in [0.15, 0.2) is 15.5 Å². The number of rotatable bonds is 6. The van der Waals surface area contributed by atoms with Gasteiger partial charge in [0.25, 0.3) is 0 Å². The van der Waals surface area contributed by atoms with Crippen LogP contribution in [0.25, 0.3) is 28.0 Å². The van der Waals surface area contributed by atoms with Crippen LogP contribution in [0.1, 0.15) is 44.9 Å². The van der Waals surface area contributed by atoms with Crippen LogP contribution in [0.5, 0.6) is 0 Å². The van der Waals surface area contributed by atoms with E-state index in [0.29, 0.717) is 35.7 Å². The Balaban J connectivity index is 1.89. The van der Waals surface area contributed by atoms with Crippen molar-refractivity contribution in [2.24, 2.45) is 0 Å². The second-order valence-electron chi connectivity index (χ2n) is 11.7. The fraction of sp³-hybridized carbons (Fsp3) is 0.344. The summed E-state index contributed by atoms with van der Waals surface area (Å²) < 4.78 is 42.3. The third-order valence-corrected chi connectivity index (χ3v) is 9.48. The summed E-state index contributed by atoms with van der Waals surface area (Å²) in [6.45, 7) is 13.8. The summed E-state index contributed by atoms with van der Waals surface area (Å²) in [7, 11) is -3.90. The first-order valence-electron chi connectivity index (χ1n) is 14.4. The molecule has 0 saturated carbocycles. The van der Waals surface area contributed by atoms with Crippen molar-refractivity contribution < 1.29 is 17.6 Å². The molecule has 5 rings (SSSR count). The Morgan fingerprint density at radius 1 is 1.16 bits per heavy atom. The van der Waals surface area contributed by atoms with Crippen molar-refractivity contribution in [1.82, 2.24) is 24.4 Å². The third kappa shape index (κ3) is 5.72. The van der Waals surface area contributed by atoms with E-state index in [-0.39, 0.29) is 50.7 Å². The topological polar surface area (TPSA) is 118 Å². The summed E-state index contributed by atoms with van der Waals surface area (Å²) >= 11 is 6.81. The average Bonchev–Trinajstić information content (AvgIpc) is 2.97. The van der Waals surface area contributed by atoms with Crippen molar-refractivity contribution in [3.8, 4) is 16.9 Å². The van der Waals surface area contributed by atoms with Crippen LogP contribution >= 0.6 is 11.6 Å². The van der Waals surface area contributed by atoms with Gasteiger partial charge in [0, 0.05) is 37.6 Å². The third-order valence-electron chi connectivity index (χ3n) is 8.05. The number of fused-ring (bicyclic) bond motifs is 1. The lowest BCUT2D eigenvalue weighted by Crippen LogP contribution is -2.58. The number of benzene rings is 1. The number of pyridine rings is 2. The highest BCUT2D eigenvalue weighted by atomic mass is 35.5. The summed E-state index contributed by atoms with van der Waals surface area (Å²) in [5.41, 5.74) is 0.839. The molecule has 0 bridgehead atoms. The van der Waals surface area contributed by atoms with E-state index in [2.05, 4.69) is 16.5 Å². The quantitative estimate of drug-likeness (QED) is 0.265. The molecule has 10 nitrogen and oxygen atoms in total. The Hall–Kier alpha value is -4.16. The van der Waals surface area contributed by atoms with E-state index in [1.165, 1.54) is 28.8 Å². The van der Waals surface area contributed by atoms with Gasteiger partial charge in [-0.2, -0.15) is 4.98 Å². The van der Waals surface area contributed by atoms with Crippen LogP contribution in [0.3, 0.4) is 0 Å². The number of aryl methyl sites for hydroxylation is 1. The predicted molar refractivity (Wildman–Crippen MR) is 173 cm³/mol. The monoisotopic (exact) mass is 652 g/mol. The maximum atomic E-state index is 15.5. The molecule has 0 N–H and O–H groups in total. The predicted octanol–water partition coefficient (Wildman–Crippen LogP) is 5.08. The van der Waals surface area contributed by atoms with Crippen LogP contribution in [0.2, 0.25) is 5.02 Å². The molecule has 2 atom stereocenters. The van der Waals surface area contributed by atoms with E-state index in [1.807, 2.05) is 39.5 Å². The Kier molecular flexibility index (Phi) is 8.58. The van der Waals surface area contributed by atoms with Gasteiger partial charge >= 0.3 is 5.69 Å². The molecule has 4 aromatic rings.